The second kappa shape index (κ2) is 45.9. The SMILES string of the molecule is CCCCCCCCCCCCCCC(=O)O[C@H](COC(=O)CCCCCCCCCCCCCCCCCC(C)C)COC(=O)CCCCCCCCCCC(C)C. The Morgan fingerprint density at radius 3 is 0.831 bits per heavy atom. The minimum atomic E-state index is -0.761. The molecule has 0 bridgehead atoms. The lowest BCUT2D eigenvalue weighted by Crippen LogP contribution is -2.30. The number of rotatable bonds is 47. The van der Waals surface area contributed by atoms with Crippen LogP contribution >= 0.6 is 0 Å². The molecule has 0 aromatic carbocycles. The topological polar surface area (TPSA) is 78.9 Å². The minimum Gasteiger partial charge on any atom is -0.462 e. The van der Waals surface area contributed by atoms with Gasteiger partial charge in [0.15, 0.2) is 6.10 Å². The lowest BCUT2D eigenvalue weighted by Gasteiger charge is -2.18. The Morgan fingerprint density at radius 2 is 0.559 bits per heavy atom. The summed E-state index contributed by atoms with van der Waals surface area (Å²) in [6.07, 6.45) is 46.6. The first kappa shape index (κ1) is 57.4. The number of ether oxygens (including phenoxy) is 3. The highest BCUT2D eigenvalue weighted by molar-refractivity contribution is 5.71. The second-order valence-electron chi connectivity index (χ2n) is 19.1. The van der Waals surface area contributed by atoms with E-state index in [-0.39, 0.29) is 31.1 Å². The molecule has 0 unspecified atom stereocenters. The summed E-state index contributed by atoms with van der Waals surface area (Å²) in [5.74, 6) is 0.797. The average Bonchev–Trinajstić information content (AvgIpc) is 3.20. The Bertz CT molecular complexity index is 900. The first-order valence-corrected chi connectivity index (χ1v) is 26.2. The van der Waals surface area contributed by atoms with Gasteiger partial charge >= 0.3 is 17.9 Å². The van der Waals surface area contributed by atoms with Crippen LogP contribution < -0.4 is 0 Å². The lowest BCUT2D eigenvalue weighted by atomic mass is 10.0. The van der Waals surface area contributed by atoms with Gasteiger partial charge in [-0.2, -0.15) is 0 Å². The average molecular weight is 835 g/mol. The maximum atomic E-state index is 12.8. The molecule has 0 aliphatic rings. The zero-order valence-electron chi connectivity index (χ0n) is 40.4. The van der Waals surface area contributed by atoms with Crippen molar-refractivity contribution < 1.29 is 28.6 Å². The summed E-state index contributed by atoms with van der Waals surface area (Å²) in [7, 11) is 0. The van der Waals surface area contributed by atoms with Crippen molar-refractivity contribution in [1.29, 1.82) is 0 Å². The molecule has 0 rings (SSSR count). The van der Waals surface area contributed by atoms with Crippen LogP contribution in [0.25, 0.3) is 0 Å². The molecule has 0 radical (unpaired) electrons. The predicted molar refractivity (Wildman–Crippen MR) is 252 cm³/mol. The fourth-order valence-electron chi connectivity index (χ4n) is 7.99. The summed E-state index contributed by atoms with van der Waals surface area (Å²) in [6.45, 7) is 11.4. The van der Waals surface area contributed by atoms with E-state index in [2.05, 4.69) is 34.6 Å². The summed E-state index contributed by atoms with van der Waals surface area (Å²) in [6, 6.07) is 0. The Hall–Kier alpha value is -1.59. The van der Waals surface area contributed by atoms with E-state index in [0.717, 1.165) is 69.6 Å². The van der Waals surface area contributed by atoms with Crippen molar-refractivity contribution in [2.45, 2.75) is 298 Å². The summed E-state index contributed by atoms with van der Waals surface area (Å²) in [4.78, 5) is 37.9. The maximum absolute atomic E-state index is 12.8. The predicted octanol–water partition coefficient (Wildman–Crippen LogP) is 16.9. The number of carbonyl (C=O) groups excluding carboxylic acids is 3. The Morgan fingerprint density at radius 1 is 0.322 bits per heavy atom. The van der Waals surface area contributed by atoms with Gasteiger partial charge in [-0.25, -0.2) is 0 Å². The molecule has 1 atom stereocenters. The molecular formula is C53H102O6. The van der Waals surface area contributed by atoms with Crippen molar-refractivity contribution in [3.8, 4) is 0 Å². The molecule has 0 saturated carbocycles. The molecule has 0 spiro atoms. The fourth-order valence-corrected chi connectivity index (χ4v) is 7.99. The molecule has 0 aliphatic heterocycles. The molecule has 0 aromatic heterocycles. The second-order valence-corrected chi connectivity index (χ2v) is 19.1. The first-order valence-electron chi connectivity index (χ1n) is 26.2. The van der Waals surface area contributed by atoms with E-state index < -0.39 is 6.10 Å². The molecule has 0 saturated heterocycles. The molecule has 0 aliphatic carbocycles. The smallest absolute Gasteiger partial charge is 0.306 e. The normalized spacial score (nSPS) is 12.1. The molecule has 0 aromatic rings. The van der Waals surface area contributed by atoms with Crippen molar-refractivity contribution in [3.05, 3.63) is 0 Å². The summed E-state index contributed by atoms with van der Waals surface area (Å²) in [5.41, 5.74) is 0. The van der Waals surface area contributed by atoms with Crippen molar-refractivity contribution in [2.75, 3.05) is 13.2 Å². The van der Waals surface area contributed by atoms with Crippen LogP contribution in [0.5, 0.6) is 0 Å². The highest BCUT2D eigenvalue weighted by Crippen LogP contribution is 2.17. The van der Waals surface area contributed by atoms with Crippen molar-refractivity contribution >= 4 is 17.9 Å². The van der Waals surface area contributed by atoms with E-state index in [4.69, 9.17) is 14.2 Å². The standard InChI is InChI=1S/C53H102O6/c1-6-7-8-9-10-11-12-19-23-30-35-40-45-53(56)59-50(47-58-52(55)44-39-34-29-25-24-27-32-37-42-49(4)5)46-57-51(54)43-38-33-28-22-20-17-15-13-14-16-18-21-26-31-36-41-48(2)3/h48-50H,6-47H2,1-5H3/t50-/m1/s1. The third-order valence-corrected chi connectivity index (χ3v) is 12.0. The van der Waals surface area contributed by atoms with E-state index in [9.17, 15) is 14.4 Å². The molecule has 0 fully saturated rings. The lowest BCUT2D eigenvalue weighted by molar-refractivity contribution is -0.167. The van der Waals surface area contributed by atoms with Gasteiger partial charge in [0, 0.05) is 19.3 Å². The van der Waals surface area contributed by atoms with Gasteiger partial charge in [-0.1, -0.05) is 253 Å². The molecule has 0 amide bonds. The van der Waals surface area contributed by atoms with Gasteiger partial charge < -0.3 is 14.2 Å². The monoisotopic (exact) mass is 835 g/mol. The quantitative estimate of drug-likeness (QED) is 0.0345. The van der Waals surface area contributed by atoms with Gasteiger partial charge in [-0.05, 0) is 31.1 Å². The number of carbonyl (C=O) groups is 3. The first-order chi connectivity index (χ1) is 28.7. The number of esters is 3. The molecule has 0 heterocycles. The largest absolute Gasteiger partial charge is 0.462 e. The van der Waals surface area contributed by atoms with E-state index >= 15 is 0 Å². The highest BCUT2D eigenvalue weighted by Gasteiger charge is 2.19. The van der Waals surface area contributed by atoms with Crippen molar-refractivity contribution in [1.82, 2.24) is 0 Å². The number of hydrogen-bond acceptors (Lipinski definition) is 6. The molecule has 6 heteroatoms. The zero-order chi connectivity index (χ0) is 43.3. The fraction of sp³-hybridized carbons (Fsp3) is 0.943. The molecule has 59 heavy (non-hydrogen) atoms. The third-order valence-electron chi connectivity index (χ3n) is 12.0. The van der Waals surface area contributed by atoms with E-state index in [1.165, 1.54) is 180 Å². The molecule has 0 N–H and O–H groups in total. The number of unbranched alkanes of at least 4 members (excludes halogenated alkanes) is 32. The van der Waals surface area contributed by atoms with Crippen molar-refractivity contribution in [2.24, 2.45) is 11.8 Å². The van der Waals surface area contributed by atoms with Gasteiger partial charge in [-0.3, -0.25) is 14.4 Å². The van der Waals surface area contributed by atoms with Gasteiger partial charge in [0.2, 0.25) is 0 Å². The van der Waals surface area contributed by atoms with Crippen LogP contribution in [0.4, 0.5) is 0 Å². The van der Waals surface area contributed by atoms with Gasteiger partial charge in [0.25, 0.3) is 0 Å². The summed E-state index contributed by atoms with van der Waals surface area (Å²) < 4.78 is 16.8. The van der Waals surface area contributed by atoms with Gasteiger partial charge in [-0.15, -0.1) is 0 Å². The van der Waals surface area contributed by atoms with Crippen LogP contribution in [0.3, 0.4) is 0 Å². The van der Waals surface area contributed by atoms with E-state index in [0.29, 0.717) is 19.3 Å². The van der Waals surface area contributed by atoms with Crippen LogP contribution in [0.1, 0.15) is 291 Å². The molecule has 350 valence electrons. The zero-order valence-corrected chi connectivity index (χ0v) is 40.4. The van der Waals surface area contributed by atoms with E-state index in [1.54, 1.807) is 0 Å². The minimum absolute atomic E-state index is 0.0637. The Labute approximate surface area is 368 Å². The van der Waals surface area contributed by atoms with Crippen LogP contribution in [0.15, 0.2) is 0 Å². The number of hydrogen-bond donors (Lipinski definition) is 0. The van der Waals surface area contributed by atoms with Crippen LogP contribution in [0, 0.1) is 11.8 Å². The van der Waals surface area contributed by atoms with Crippen LogP contribution in [-0.4, -0.2) is 37.2 Å². The van der Waals surface area contributed by atoms with E-state index in [1.807, 2.05) is 0 Å². The Kier molecular flexibility index (Phi) is 44.7. The molecule has 6 nitrogen and oxygen atoms in total. The molecular weight excluding hydrogens is 733 g/mol. The Balaban J connectivity index is 4.26. The summed E-state index contributed by atoms with van der Waals surface area (Å²) >= 11 is 0. The van der Waals surface area contributed by atoms with Gasteiger partial charge in [0.1, 0.15) is 13.2 Å². The van der Waals surface area contributed by atoms with Crippen LogP contribution in [-0.2, 0) is 28.6 Å². The maximum Gasteiger partial charge on any atom is 0.306 e. The third kappa shape index (κ3) is 47.3. The van der Waals surface area contributed by atoms with Crippen molar-refractivity contribution in [3.63, 3.8) is 0 Å². The summed E-state index contributed by atoms with van der Waals surface area (Å²) in [5, 5.41) is 0. The van der Waals surface area contributed by atoms with Crippen LogP contribution in [0.2, 0.25) is 0 Å². The van der Waals surface area contributed by atoms with Gasteiger partial charge in [0.05, 0.1) is 0 Å². The highest BCUT2D eigenvalue weighted by atomic mass is 16.6.